The van der Waals surface area contributed by atoms with Gasteiger partial charge in [0.1, 0.15) is 0 Å². The van der Waals surface area contributed by atoms with Crippen LogP contribution in [0.2, 0.25) is 0 Å². The Kier molecular flexibility index (Phi) is 6.26. The van der Waals surface area contributed by atoms with Crippen molar-refractivity contribution in [2.75, 3.05) is 13.2 Å². The lowest BCUT2D eigenvalue weighted by atomic mass is 9.93. The van der Waals surface area contributed by atoms with E-state index in [4.69, 9.17) is 4.74 Å². The van der Waals surface area contributed by atoms with Crippen LogP contribution in [0.1, 0.15) is 52.9 Å². The van der Waals surface area contributed by atoms with Crippen molar-refractivity contribution in [1.29, 1.82) is 0 Å². The fourth-order valence-electron chi connectivity index (χ4n) is 2.55. The van der Waals surface area contributed by atoms with Crippen molar-refractivity contribution in [1.82, 2.24) is 5.32 Å². The predicted molar refractivity (Wildman–Crippen MR) is 65.1 cm³/mol. The first-order valence-electron chi connectivity index (χ1n) is 6.56. The van der Waals surface area contributed by atoms with Gasteiger partial charge in [0.15, 0.2) is 0 Å². The highest BCUT2D eigenvalue weighted by Gasteiger charge is 2.17. The maximum Gasteiger partial charge on any atom is 0.0468 e. The van der Waals surface area contributed by atoms with Crippen LogP contribution in [-0.2, 0) is 4.74 Å². The third-order valence-corrected chi connectivity index (χ3v) is 3.32. The van der Waals surface area contributed by atoms with Gasteiger partial charge < -0.3 is 10.1 Å². The number of hydrogen-bond acceptors (Lipinski definition) is 2. The molecule has 2 atom stereocenters. The third-order valence-electron chi connectivity index (χ3n) is 3.32. The minimum Gasteiger partial charge on any atom is -0.381 e. The van der Waals surface area contributed by atoms with E-state index in [1.807, 2.05) is 0 Å². The molecule has 1 saturated heterocycles. The third kappa shape index (κ3) is 5.53. The van der Waals surface area contributed by atoms with Gasteiger partial charge in [-0.25, -0.2) is 0 Å². The summed E-state index contributed by atoms with van der Waals surface area (Å²) in [5.41, 5.74) is 0. The predicted octanol–water partition coefficient (Wildman–Crippen LogP) is 2.97. The molecule has 1 aliphatic heterocycles. The molecule has 0 radical (unpaired) electrons. The van der Waals surface area contributed by atoms with Gasteiger partial charge in [0.05, 0.1) is 0 Å². The second-order valence-corrected chi connectivity index (χ2v) is 5.05. The second-order valence-electron chi connectivity index (χ2n) is 5.05. The lowest BCUT2D eigenvalue weighted by Gasteiger charge is -2.27. The summed E-state index contributed by atoms with van der Waals surface area (Å²) in [4.78, 5) is 0. The fraction of sp³-hybridized carbons (Fsp3) is 1.00. The molecule has 1 heterocycles. The summed E-state index contributed by atoms with van der Waals surface area (Å²) >= 11 is 0. The number of ether oxygens (including phenoxy) is 1. The molecule has 0 saturated carbocycles. The maximum atomic E-state index is 5.38. The molecule has 15 heavy (non-hydrogen) atoms. The molecule has 0 aromatic heterocycles. The van der Waals surface area contributed by atoms with Crippen molar-refractivity contribution in [2.45, 2.75) is 65.0 Å². The Morgan fingerprint density at radius 3 is 2.47 bits per heavy atom. The Morgan fingerprint density at radius 2 is 1.87 bits per heavy atom. The molecule has 1 aliphatic rings. The van der Waals surface area contributed by atoms with Crippen molar-refractivity contribution in [3.8, 4) is 0 Å². The molecule has 90 valence electrons. The van der Waals surface area contributed by atoms with Gasteiger partial charge >= 0.3 is 0 Å². The van der Waals surface area contributed by atoms with Crippen LogP contribution in [0.25, 0.3) is 0 Å². The largest absolute Gasteiger partial charge is 0.381 e. The Morgan fingerprint density at radius 1 is 1.20 bits per heavy atom. The summed E-state index contributed by atoms with van der Waals surface area (Å²) in [5, 5.41) is 3.69. The van der Waals surface area contributed by atoms with E-state index in [0.717, 1.165) is 19.1 Å². The van der Waals surface area contributed by atoms with Crippen molar-refractivity contribution in [2.24, 2.45) is 5.92 Å². The normalized spacial score (nSPS) is 22.6. The van der Waals surface area contributed by atoms with Gasteiger partial charge in [-0.1, -0.05) is 13.3 Å². The maximum absolute atomic E-state index is 5.38. The lowest BCUT2D eigenvalue weighted by molar-refractivity contribution is 0.0608. The van der Waals surface area contributed by atoms with Crippen LogP contribution in [0.3, 0.4) is 0 Å². The second kappa shape index (κ2) is 7.24. The van der Waals surface area contributed by atoms with Crippen molar-refractivity contribution < 1.29 is 4.74 Å². The van der Waals surface area contributed by atoms with Gasteiger partial charge in [-0.3, -0.25) is 0 Å². The summed E-state index contributed by atoms with van der Waals surface area (Å²) in [6.45, 7) is 8.82. The summed E-state index contributed by atoms with van der Waals surface area (Å²) in [5.74, 6) is 0.884. The standard InChI is InChI=1S/C13H27NO/c1-4-5-11(2)14-12(3)10-13-6-8-15-9-7-13/h11-14H,4-10H2,1-3H3. The molecular weight excluding hydrogens is 186 g/mol. The highest BCUT2D eigenvalue weighted by Crippen LogP contribution is 2.20. The number of nitrogens with one attached hydrogen (secondary N) is 1. The zero-order chi connectivity index (χ0) is 11.1. The average Bonchev–Trinajstić information content (AvgIpc) is 2.19. The SMILES string of the molecule is CCCC(C)NC(C)CC1CCOCC1. The zero-order valence-electron chi connectivity index (χ0n) is 10.6. The molecule has 1 fully saturated rings. The van der Waals surface area contributed by atoms with Crippen LogP contribution >= 0.6 is 0 Å². The quantitative estimate of drug-likeness (QED) is 0.732. The van der Waals surface area contributed by atoms with Crippen LogP contribution in [0.15, 0.2) is 0 Å². The van der Waals surface area contributed by atoms with Crippen LogP contribution in [0, 0.1) is 5.92 Å². The fourth-order valence-corrected chi connectivity index (χ4v) is 2.55. The van der Waals surface area contributed by atoms with Gasteiger partial charge in [-0.15, -0.1) is 0 Å². The van der Waals surface area contributed by atoms with E-state index in [1.54, 1.807) is 0 Å². The smallest absolute Gasteiger partial charge is 0.0468 e. The van der Waals surface area contributed by atoms with E-state index in [1.165, 1.54) is 32.1 Å². The molecule has 1 N–H and O–H groups in total. The lowest BCUT2D eigenvalue weighted by Crippen LogP contribution is -2.36. The summed E-state index contributed by atoms with van der Waals surface area (Å²) in [6, 6.07) is 1.33. The van der Waals surface area contributed by atoms with E-state index < -0.39 is 0 Å². The topological polar surface area (TPSA) is 21.3 Å². The van der Waals surface area contributed by atoms with Gasteiger partial charge in [0, 0.05) is 25.3 Å². The van der Waals surface area contributed by atoms with Gasteiger partial charge in [-0.05, 0) is 45.4 Å². The van der Waals surface area contributed by atoms with Crippen LogP contribution < -0.4 is 5.32 Å². The molecule has 0 amide bonds. The Labute approximate surface area is 94.8 Å². The molecule has 2 heteroatoms. The number of rotatable bonds is 6. The molecule has 0 aromatic rings. The summed E-state index contributed by atoms with van der Waals surface area (Å²) < 4.78 is 5.38. The minimum absolute atomic E-state index is 0.662. The molecule has 2 nitrogen and oxygen atoms in total. The molecule has 0 aromatic carbocycles. The first-order valence-corrected chi connectivity index (χ1v) is 6.56. The Bertz CT molecular complexity index is 155. The van der Waals surface area contributed by atoms with Crippen molar-refractivity contribution >= 4 is 0 Å². The highest BCUT2D eigenvalue weighted by atomic mass is 16.5. The molecule has 0 spiro atoms. The first-order chi connectivity index (χ1) is 7.22. The zero-order valence-corrected chi connectivity index (χ0v) is 10.6. The number of hydrogen-bond donors (Lipinski definition) is 1. The monoisotopic (exact) mass is 213 g/mol. The average molecular weight is 213 g/mol. The van der Waals surface area contributed by atoms with Crippen LogP contribution in [0.4, 0.5) is 0 Å². The van der Waals surface area contributed by atoms with E-state index in [-0.39, 0.29) is 0 Å². The van der Waals surface area contributed by atoms with Crippen molar-refractivity contribution in [3.05, 3.63) is 0 Å². The molecule has 0 aliphatic carbocycles. The van der Waals surface area contributed by atoms with Crippen molar-refractivity contribution in [3.63, 3.8) is 0 Å². The molecule has 0 bridgehead atoms. The molecule has 1 rings (SSSR count). The van der Waals surface area contributed by atoms with E-state index in [2.05, 4.69) is 26.1 Å². The molecule has 2 unspecified atom stereocenters. The van der Waals surface area contributed by atoms with Gasteiger partial charge in [-0.2, -0.15) is 0 Å². The summed E-state index contributed by atoms with van der Waals surface area (Å²) in [7, 11) is 0. The Balaban J connectivity index is 2.13. The summed E-state index contributed by atoms with van der Waals surface area (Å²) in [6.07, 6.45) is 6.40. The van der Waals surface area contributed by atoms with E-state index in [9.17, 15) is 0 Å². The van der Waals surface area contributed by atoms with E-state index >= 15 is 0 Å². The minimum atomic E-state index is 0.662. The highest BCUT2D eigenvalue weighted by molar-refractivity contribution is 4.73. The molecular formula is C13H27NO. The van der Waals surface area contributed by atoms with Crippen LogP contribution in [-0.4, -0.2) is 25.3 Å². The van der Waals surface area contributed by atoms with Gasteiger partial charge in [0.2, 0.25) is 0 Å². The first kappa shape index (κ1) is 13.0. The van der Waals surface area contributed by atoms with E-state index in [0.29, 0.717) is 12.1 Å². The van der Waals surface area contributed by atoms with Crippen LogP contribution in [0.5, 0.6) is 0 Å². The Hall–Kier alpha value is -0.0800. The van der Waals surface area contributed by atoms with Gasteiger partial charge in [0.25, 0.3) is 0 Å².